The first-order valence-corrected chi connectivity index (χ1v) is 10.8. The molecule has 0 radical (unpaired) electrons. The monoisotopic (exact) mass is 358 g/mol. The molecule has 0 spiro atoms. The summed E-state index contributed by atoms with van der Waals surface area (Å²) in [7, 11) is 2.22. The fourth-order valence-electron chi connectivity index (χ4n) is 5.29. The van der Waals surface area contributed by atoms with Crippen molar-refractivity contribution in [3.63, 3.8) is 0 Å². The lowest BCUT2D eigenvalue weighted by Crippen LogP contribution is -2.54. The number of rotatable bonds is 5. The maximum absolute atomic E-state index is 11.1. The van der Waals surface area contributed by atoms with E-state index in [2.05, 4.69) is 54.1 Å². The number of likely N-dealkylation sites (N-methyl/N-ethyl adjacent to an activating group) is 1. The van der Waals surface area contributed by atoms with Crippen LogP contribution in [-0.4, -0.2) is 60.8 Å². The SMILES string of the molecule is CCC(CN1CCN(C)CC1)(c1ccccc1)C1CCCCCCC1O. The van der Waals surface area contributed by atoms with Crippen LogP contribution in [0.15, 0.2) is 30.3 Å². The predicted octanol–water partition coefficient (Wildman–Crippen LogP) is 3.91. The highest BCUT2D eigenvalue weighted by Gasteiger charge is 2.43. The summed E-state index contributed by atoms with van der Waals surface area (Å²) in [6, 6.07) is 11.1. The van der Waals surface area contributed by atoms with E-state index in [1.165, 1.54) is 31.2 Å². The van der Waals surface area contributed by atoms with Gasteiger partial charge in [-0.2, -0.15) is 0 Å². The van der Waals surface area contributed by atoms with E-state index in [0.717, 1.165) is 52.0 Å². The average Bonchev–Trinajstić information content (AvgIpc) is 2.66. The van der Waals surface area contributed by atoms with Gasteiger partial charge < -0.3 is 10.0 Å². The van der Waals surface area contributed by atoms with Gasteiger partial charge in [-0.1, -0.05) is 62.9 Å². The zero-order chi connectivity index (χ0) is 18.4. The van der Waals surface area contributed by atoms with Crippen molar-refractivity contribution >= 4 is 0 Å². The van der Waals surface area contributed by atoms with E-state index < -0.39 is 0 Å². The second kappa shape index (κ2) is 9.34. The van der Waals surface area contributed by atoms with Gasteiger partial charge >= 0.3 is 0 Å². The highest BCUT2D eigenvalue weighted by Crippen LogP contribution is 2.43. The number of benzene rings is 1. The first-order chi connectivity index (χ1) is 12.7. The topological polar surface area (TPSA) is 26.7 Å². The summed E-state index contributed by atoms with van der Waals surface area (Å²) in [5, 5.41) is 11.1. The van der Waals surface area contributed by atoms with Crippen molar-refractivity contribution in [1.82, 2.24) is 9.80 Å². The van der Waals surface area contributed by atoms with E-state index in [1.54, 1.807) is 0 Å². The molecule has 3 nitrogen and oxygen atoms in total. The molecule has 146 valence electrons. The highest BCUT2D eigenvalue weighted by molar-refractivity contribution is 5.28. The Morgan fingerprint density at radius 3 is 2.27 bits per heavy atom. The van der Waals surface area contributed by atoms with E-state index in [-0.39, 0.29) is 11.5 Å². The summed E-state index contributed by atoms with van der Waals surface area (Å²) < 4.78 is 0. The van der Waals surface area contributed by atoms with Gasteiger partial charge in [-0.05, 0) is 37.8 Å². The smallest absolute Gasteiger partial charge is 0.0577 e. The zero-order valence-electron chi connectivity index (χ0n) is 16.9. The normalized spacial score (nSPS) is 28.9. The molecule has 3 heteroatoms. The fraction of sp³-hybridized carbons (Fsp3) is 0.739. The second-order valence-corrected chi connectivity index (χ2v) is 8.62. The van der Waals surface area contributed by atoms with Crippen LogP contribution in [0.4, 0.5) is 0 Å². The van der Waals surface area contributed by atoms with Gasteiger partial charge in [-0.3, -0.25) is 4.90 Å². The van der Waals surface area contributed by atoms with Crippen molar-refractivity contribution in [3.8, 4) is 0 Å². The standard InChI is InChI=1S/C23H38N2O/c1-3-23(20-11-7-6-8-12-20,19-25-17-15-24(2)16-18-25)21-13-9-4-5-10-14-22(21)26/h6-8,11-12,21-22,26H,3-5,9-10,13-19H2,1-2H3. The van der Waals surface area contributed by atoms with Crippen LogP contribution in [0.2, 0.25) is 0 Å². The number of hydrogen-bond acceptors (Lipinski definition) is 3. The number of nitrogens with zero attached hydrogens (tertiary/aromatic N) is 2. The molecule has 2 fully saturated rings. The molecule has 1 aliphatic heterocycles. The van der Waals surface area contributed by atoms with Crippen LogP contribution in [0.1, 0.15) is 57.4 Å². The Hall–Kier alpha value is -0.900. The Labute approximate surface area is 160 Å². The third-order valence-electron chi connectivity index (χ3n) is 7.02. The van der Waals surface area contributed by atoms with Gasteiger partial charge in [0, 0.05) is 38.1 Å². The summed E-state index contributed by atoms with van der Waals surface area (Å²) >= 11 is 0. The molecule has 26 heavy (non-hydrogen) atoms. The minimum Gasteiger partial charge on any atom is -0.393 e. The van der Waals surface area contributed by atoms with Crippen LogP contribution in [0.3, 0.4) is 0 Å². The molecule has 0 aromatic heterocycles. The number of aliphatic hydroxyl groups is 1. The maximum atomic E-state index is 11.1. The molecule has 1 aromatic carbocycles. The lowest BCUT2D eigenvalue weighted by Gasteiger charge is -2.48. The van der Waals surface area contributed by atoms with E-state index in [0.29, 0.717) is 5.92 Å². The molecule has 0 amide bonds. The van der Waals surface area contributed by atoms with Gasteiger partial charge in [-0.25, -0.2) is 0 Å². The van der Waals surface area contributed by atoms with Crippen molar-refractivity contribution in [3.05, 3.63) is 35.9 Å². The molecule has 3 atom stereocenters. The lowest BCUT2D eigenvalue weighted by molar-refractivity contribution is 0.00991. The molecule has 1 heterocycles. The second-order valence-electron chi connectivity index (χ2n) is 8.62. The predicted molar refractivity (Wildman–Crippen MR) is 110 cm³/mol. The van der Waals surface area contributed by atoms with Crippen molar-refractivity contribution in [1.29, 1.82) is 0 Å². The van der Waals surface area contributed by atoms with Crippen LogP contribution in [0.25, 0.3) is 0 Å². The number of piperazine rings is 1. The average molecular weight is 359 g/mol. The Bertz CT molecular complexity index is 526. The van der Waals surface area contributed by atoms with Gasteiger partial charge in [0.25, 0.3) is 0 Å². The van der Waals surface area contributed by atoms with Crippen LogP contribution < -0.4 is 0 Å². The molecule has 3 rings (SSSR count). The molecule has 1 saturated heterocycles. The Balaban J connectivity index is 1.91. The Kier molecular flexibility index (Phi) is 7.13. The van der Waals surface area contributed by atoms with Crippen LogP contribution in [-0.2, 0) is 5.41 Å². The van der Waals surface area contributed by atoms with Crippen molar-refractivity contribution in [2.45, 2.75) is 63.4 Å². The molecule has 1 saturated carbocycles. The lowest BCUT2D eigenvalue weighted by atomic mass is 9.63. The summed E-state index contributed by atoms with van der Waals surface area (Å²) in [6.07, 6.45) is 8.13. The summed E-state index contributed by atoms with van der Waals surface area (Å²) in [6.45, 7) is 8.03. The zero-order valence-corrected chi connectivity index (χ0v) is 16.9. The number of aliphatic hydroxyl groups excluding tert-OH is 1. The Morgan fingerprint density at radius 1 is 0.962 bits per heavy atom. The van der Waals surface area contributed by atoms with E-state index in [9.17, 15) is 5.11 Å². The van der Waals surface area contributed by atoms with Gasteiger partial charge in [0.05, 0.1) is 6.10 Å². The van der Waals surface area contributed by atoms with Crippen LogP contribution in [0.5, 0.6) is 0 Å². The van der Waals surface area contributed by atoms with Crippen molar-refractivity contribution in [2.24, 2.45) is 5.92 Å². The van der Waals surface area contributed by atoms with Crippen molar-refractivity contribution < 1.29 is 5.11 Å². The Morgan fingerprint density at radius 2 is 1.62 bits per heavy atom. The quantitative estimate of drug-likeness (QED) is 0.864. The third-order valence-corrected chi connectivity index (χ3v) is 7.02. The van der Waals surface area contributed by atoms with Crippen LogP contribution in [0, 0.1) is 5.92 Å². The number of hydrogen-bond donors (Lipinski definition) is 1. The molecule has 2 aliphatic rings. The van der Waals surface area contributed by atoms with E-state index in [1.807, 2.05) is 0 Å². The third kappa shape index (κ3) is 4.49. The van der Waals surface area contributed by atoms with Gasteiger partial charge in [0.2, 0.25) is 0 Å². The first kappa shape index (κ1) is 19.9. The van der Waals surface area contributed by atoms with Crippen molar-refractivity contribution in [2.75, 3.05) is 39.8 Å². The molecular formula is C23H38N2O. The summed E-state index contributed by atoms with van der Waals surface area (Å²) in [5.41, 5.74) is 1.50. The van der Waals surface area contributed by atoms with Gasteiger partial charge in [0.1, 0.15) is 0 Å². The van der Waals surface area contributed by atoms with Crippen LogP contribution >= 0.6 is 0 Å². The molecule has 1 aliphatic carbocycles. The highest BCUT2D eigenvalue weighted by atomic mass is 16.3. The molecule has 1 aromatic rings. The molecule has 3 unspecified atom stereocenters. The molecule has 0 bridgehead atoms. The first-order valence-electron chi connectivity index (χ1n) is 10.8. The fourth-order valence-corrected chi connectivity index (χ4v) is 5.29. The van der Waals surface area contributed by atoms with E-state index in [4.69, 9.17) is 0 Å². The van der Waals surface area contributed by atoms with E-state index >= 15 is 0 Å². The minimum atomic E-state index is -0.164. The minimum absolute atomic E-state index is 0.0634. The maximum Gasteiger partial charge on any atom is 0.0577 e. The summed E-state index contributed by atoms with van der Waals surface area (Å²) in [5.74, 6) is 0.370. The van der Waals surface area contributed by atoms with Gasteiger partial charge in [-0.15, -0.1) is 0 Å². The molecule has 1 N–H and O–H groups in total. The molecular weight excluding hydrogens is 320 g/mol. The largest absolute Gasteiger partial charge is 0.393 e. The summed E-state index contributed by atoms with van der Waals surface area (Å²) in [4.78, 5) is 5.08. The van der Waals surface area contributed by atoms with Gasteiger partial charge in [0.15, 0.2) is 0 Å².